The second kappa shape index (κ2) is 7.78. The molecule has 0 aromatic carbocycles. The lowest BCUT2D eigenvalue weighted by Gasteiger charge is -2.20. The second-order valence-corrected chi connectivity index (χ2v) is 5.95. The van der Waals surface area contributed by atoms with Crippen molar-refractivity contribution in [3.63, 3.8) is 0 Å². The van der Waals surface area contributed by atoms with E-state index in [-0.39, 0.29) is 5.92 Å². The molecule has 18 heavy (non-hydrogen) atoms. The van der Waals surface area contributed by atoms with Crippen molar-refractivity contribution in [2.24, 2.45) is 5.92 Å². The van der Waals surface area contributed by atoms with Gasteiger partial charge in [0.1, 0.15) is 0 Å². The summed E-state index contributed by atoms with van der Waals surface area (Å²) in [6, 6.07) is 0.382. The van der Waals surface area contributed by atoms with E-state index in [1.165, 1.54) is 44.9 Å². The van der Waals surface area contributed by atoms with Gasteiger partial charge < -0.3 is 10.6 Å². The SMILES string of the molecule is O=C(N[C@@H]1CCNC1)C1CCCCCCCCC1. The molecule has 1 saturated heterocycles. The molecule has 0 aromatic rings. The molecule has 1 aliphatic heterocycles. The fourth-order valence-electron chi connectivity index (χ4n) is 3.17. The number of rotatable bonds is 2. The minimum absolute atomic E-state index is 0.281. The van der Waals surface area contributed by atoms with Crippen molar-refractivity contribution < 1.29 is 4.79 Å². The van der Waals surface area contributed by atoms with Crippen LogP contribution in [0.1, 0.15) is 64.2 Å². The van der Waals surface area contributed by atoms with Gasteiger partial charge in [0, 0.05) is 18.5 Å². The predicted octanol–water partition coefficient (Wildman–Crippen LogP) is 2.61. The van der Waals surface area contributed by atoms with Crippen LogP contribution in [0, 0.1) is 5.92 Å². The molecule has 0 unspecified atom stereocenters. The highest BCUT2D eigenvalue weighted by atomic mass is 16.1. The van der Waals surface area contributed by atoms with Crippen LogP contribution in [0.2, 0.25) is 0 Å². The zero-order valence-electron chi connectivity index (χ0n) is 11.5. The average molecular weight is 252 g/mol. The molecule has 0 radical (unpaired) electrons. The number of amides is 1. The van der Waals surface area contributed by atoms with Crippen molar-refractivity contribution in [2.75, 3.05) is 13.1 Å². The smallest absolute Gasteiger partial charge is 0.223 e. The Morgan fingerprint density at radius 3 is 2.06 bits per heavy atom. The first-order valence-corrected chi connectivity index (χ1v) is 7.87. The molecule has 2 fully saturated rings. The number of hydrogen-bond acceptors (Lipinski definition) is 2. The van der Waals surface area contributed by atoms with Gasteiger partial charge in [0.15, 0.2) is 0 Å². The Labute approximate surface area is 111 Å². The highest BCUT2D eigenvalue weighted by Gasteiger charge is 2.22. The topological polar surface area (TPSA) is 41.1 Å². The van der Waals surface area contributed by atoms with Crippen LogP contribution < -0.4 is 10.6 Å². The molecule has 104 valence electrons. The van der Waals surface area contributed by atoms with Gasteiger partial charge in [-0.15, -0.1) is 0 Å². The summed E-state index contributed by atoms with van der Waals surface area (Å²) in [5.41, 5.74) is 0. The number of carbonyl (C=O) groups excluding carboxylic acids is 1. The lowest BCUT2D eigenvalue weighted by molar-refractivity contribution is -0.126. The van der Waals surface area contributed by atoms with E-state index in [1.807, 2.05) is 0 Å². The van der Waals surface area contributed by atoms with Crippen molar-refractivity contribution in [3.8, 4) is 0 Å². The molecule has 1 aliphatic carbocycles. The van der Waals surface area contributed by atoms with Gasteiger partial charge in [0.2, 0.25) is 5.91 Å². The van der Waals surface area contributed by atoms with Crippen LogP contribution in [0.25, 0.3) is 0 Å². The normalized spacial score (nSPS) is 27.9. The summed E-state index contributed by atoms with van der Waals surface area (Å²) in [5.74, 6) is 0.605. The maximum atomic E-state index is 12.3. The van der Waals surface area contributed by atoms with Gasteiger partial charge in [-0.3, -0.25) is 4.79 Å². The average Bonchev–Trinajstić information content (AvgIpc) is 2.88. The zero-order chi connectivity index (χ0) is 12.6. The van der Waals surface area contributed by atoms with Gasteiger partial charge in [0.05, 0.1) is 0 Å². The summed E-state index contributed by atoms with van der Waals surface area (Å²) in [4.78, 5) is 12.3. The van der Waals surface area contributed by atoms with E-state index >= 15 is 0 Å². The molecule has 1 amide bonds. The lowest BCUT2D eigenvalue weighted by atomic mass is 9.91. The van der Waals surface area contributed by atoms with Crippen LogP contribution >= 0.6 is 0 Å². The Kier molecular flexibility index (Phi) is 5.98. The molecule has 2 aliphatic rings. The minimum atomic E-state index is 0.281. The maximum Gasteiger partial charge on any atom is 0.223 e. The summed E-state index contributed by atoms with van der Waals surface area (Å²) >= 11 is 0. The molecule has 3 nitrogen and oxygen atoms in total. The first-order valence-electron chi connectivity index (χ1n) is 7.87. The van der Waals surface area contributed by atoms with Crippen LogP contribution in [0.4, 0.5) is 0 Å². The van der Waals surface area contributed by atoms with Gasteiger partial charge in [0.25, 0.3) is 0 Å². The van der Waals surface area contributed by atoms with Crippen LogP contribution in [0.3, 0.4) is 0 Å². The molecular formula is C15H28N2O. The molecule has 1 heterocycles. The quantitative estimate of drug-likeness (QED) is 0.793. The van der Waals surface area contributed by atoms with E-state index in [1.54, 1.807) is 0 Å². The van der Waals surface area contributed by atoms with Crippen LogP contribution in [-0.2, 0) is 4.79 Å². The summed E-state index contributed by atoms with van der Waals surface area (Å²) in [6.07, 6.45) is 12.5. The molecule has 0 spiro atoms. The standard InChI is InChI=1S/C15H28N2O/c18-15(17-14-10-11-16-12-14)13-8-6-4-2-1-3-5-7-9-13/h13-14,16H,1-12H2,(H,17,18)/t14-/m1/s1. The molecule has 1 saturated carbocycles. The van der Waals surface area contributed by atoms with Gasteiger partial charge in [-0.1, -0.05) is 44.9 Å². The Morgan fingerprint density at radius 1 is 0.889 bits per heavy atom. The van der Waals surface area contributed by atoms with Crippen molar-refractivity contribution in [3.05, 3.63) is 0 Å². The van der Waals surface area contributed by atoms with E-state index in [0.717, 1.165) is 32.4 Å². The van der Waals surface area contributed by atoms with Crippen molar-refractivity contribution >= 4 is 5.91 Å². The van der Waals surface area contributed by atoms with E-state index in [4.69, 9.17) is 0 Å². The third-order valence-corrected chi connectivity index (χ3v) is 4.38. The van der Waals surface area contributed by atoms with Crippen molar-refractivity contribution in [1.82, 2.24) is 10.6 Å². The Hall–Kier alpha value is -0.570. The van der Waals surface area contributed by atoms with Crippen LogP contribution in [-0.4, -0.2) is 25.0 Å². The third kappa shape index (κ3) is 4.60. The first kappa shape index (κ1) is 13.9. The number of carbonyl (C=O) groups is 1. The summed E-state index contributed by atoms with van der Waals surface area (Å²) in [6.45, 7) is 2.01. The molecule has 2 rings (SSSR count). The Bertz CT molecular complexity index is 239. The molecule has 3 heteroatoms. The Balaban J connectivity index is 1.77. The summed E-state index contributed by atoms with van der Waals surface area (Å²) < 4.78 is 0. The van der Waals surface area contributed by atoms with Gasteiger partial charge in [-0.25, -0.2) is 0 Å². The monoisotopic (exact) mass is 252 g/mol. The predicted molar refractivity (Wildman–Crippen MR) is 74.5 cm³/mol. The zero-order valence-corrected chi connectivity index (χ0v) is 11.5. The molecule has 0 aromatic heterocycles. The van der Waals surface area contributed by atoms with Crippen molar-refractivity contribution in [1.29, 1.82) is 0 Å². The molecule has 1 atom stereocenters. The van der Waals surface area contributed by atoms with E-state index in [9.17, 15) is 4.79 Å². The van der Waals surface area contributed by atoms with Gasteiger partial charge in [-0.2, -0.15) is 0 Å². The lowest BCUT2D eigenvalue weighted by Crippen LogP contribution is -2.40. The highest BCUT2D eigenvalue weighted by molar-refractivity contribution is 5.78. The Morgan fingerprint density at radius 2 is 1.50 bits per heavy atom. The third-order valence-electron chi connectivity index (χ3n) is 4.38. The molecule has 2 N–H and O–H groups in total. The maximum absolute atomic E-state index is 12.3. The first-order chi connectivity index (χ1) is 8.86. The fraction of sp³-hybridized carbons (Fsp3) is 0.933. The fourth-order valence-corrected chi connectivity index (χ4v) is 3.17. The summed E-state index contributed by atoms with van der Waals surface area (Å²) in [7, 11) is 0. The van der Waals surface area contributed by atoms with Crippen LogP contribution in [0.5, 0.6) is 0 Å². The second-order valence-electron chi connectivity index (χ2n) is 5.95. The number of hydrogen-bond donors (Lipinski definition) is 2. The summed E-state index contributed by atoms with van der Waals surface area (Å²) in [5, 5.41) is 6.54. The number of nitrogens with one attached hydrogen (secondary N) is 2. The largest absolute Gasteiger partial charge is 0.352 e. The minimum Gasteiger partial charge on any atom is -0.352 e. The van der Waals surface area contributed by atoms with E-state index in [2.05, 4.69) is 10.6 Å². The van der Waals surface area contributed by atoms with E-state index < -0.39 is 0 Å². The van der Waals surface area contributed by atoms with Crippen molar-refractivity contribution in [2.45, 2.75) is 70.3 Å². The van der Waals surface area contributed by atoms with Gasteiger partial charge in [-0.05, 0) is 25.8 Å². The van der Waals surface area contributed by atoms with Crippen LogP contribution in [0.15, 0.2) is 0 Å². The van der Waals surface area contributed by atoms with Gasteiger partial charge >= 0.3 is 0 Å². The molecule has 0 bridgehead atoms. The molecular weight excluding hydrogens is 224 g/mol. The van der Waals surface area contributed by atoms with E-state index in [0.29, 0.717) is 11.9 Å². The highest BCUT2D eigenvalue weighted by Crippen LogP contribution is 2.21.